The Kier molecular flexibility index (Phi) is 2.86. The van der Waals surface area contributed by atoms with Crippen LogP contribution in [0.5, 0.6) is 0 Å². The normalized spacial score (nSPS) is 31.5. The molecular formula is C15H19NO2. The minimum atomic E-state index is -0.340. The Morgan fingerprint density at radius 3 is 2.72 bits per heavy atom. The number of carbonyl (C=O) groups is 1. The van der Waals surface area contributed by atoms with Crippen molar-refractivity contribution >= 4 is 5.91 Å². The van der Waals surface area contributed by atoms with Gasteiger partial charge < -0.3 is 10.0 Å². The van der Waals surface area contributed by atoms with Crippen molar-refractivity contribution in [3.63, 3.8) is 0 Å². The molecule has 1 saturated carbocycles. The van der Waals surface area contributed by atoms with Crippen LogP contribution >= 0.6 is 0 Å². The van der Waals surface area contributed by atoms with E-state index in [1.54, 1.807) is 0 Å². The quantitative estimate of drug-likeness (QED) is 0.866. The molecule has 1 aromatic carbocycles. The number of nitrogens with zero attached hydrogens (tertiary/aromatic N) is 1. The monoisotopic (exact) mass is 245 g/mol. The zero-order chi connectivity index (χ0) is 12.6. The third kappa shape index (κ3) is 1.74. The van der Waals surface area contributed by atoms with E-state index in [1.807, 2.05) is 35.2 Å². The molecule has 1 spiro atoms. The number of benzene rings is 1. The summed E-state index contributed by atoms with van der Waals surface area (Å²) >= 11 is 0. The van der Waals surface area contributed by atoms with Crippen LogP contribution in [0.3, 0.4) is 0 Å². The molecule has 18 heavy (non-hydrogen) atoms. The molecule has 3 heteroatoms. The van der Waals surface area contributed by atoms with Gasteiger partial charge in [-0.05, 0) is 31.2 Å². The highest BCUT2D eigenvalue weighted by Gasteiger charge is 2.52. The van der Waals surface area contributed by atoms with Crippen molar-refractivity contribution < 1.29 is 9.90 Å². The van der Waals surface area contributed by atoms with E-state index in [0.717, 1.165) is 31.2 Å². The maximum atomic E-state index is 12.1. The fraction of sp³-hybridized carbons (Fsp3) is 0.533. The lowest BCUT2D eigenvalue weighted by Gasteiger charge is -2.38. The van der Waals surface area contributed by atoms with Crippen LogP contribution in [0, 0.1) is 0 Å². The van der Waals surface area contributed by atoms with Gasteiger partial charge in [0.05, 0.1) is 11.6 Å². The zero-order valence-corrected chi connectivity index (χ0v) is 10.5. The Morgan fingerprint density at radius 1 is 1.28 bits per heavy atom. The molecule has 3 rings (SSSR count). The summed E-state index contributed by atoms with van der Waals surface area (Å²) in [6, 6.07) is 10.1. The molecule has 1 aromatic rings. The van der Waals surface area contributed by atoms with Crippen LogP contribution in [0.4, 0.5) is 0 Å². The predicted molar refractivity (Wildman–Crippen MR) is 68.8 cm³/mol. The van der Waals surface area contributed by atoms with E-state index in [4.69, 9.17) is 0 Å². The van der Waals surface area contributed by atoms with Crippen molar-refractivity contribution in [2.75, 3.05) is 0 Å². The first-order valence-electron chi connectivity index (χ1n) is 6.75. The molecule has 0 aromatic heterocycles. The van der Waals surface area contributed by atoms with Crippen molar-refractivity contribution in [3.05, 3.63) is 35.9 Å². The molecule has 2 aliphatic rings. The third-order valence-corrected chi connectivity index (χ3v) is 4.50. The molecule has 0 radical (unpaired) electrons. The number of rotatable bonds is 2. The number of carbonyl (C=O) groups excluding carboxylic acids is 1. The van der Waals surface area contributed by atoms with Crippen LogP contribution in [0.25, 0.3) is 0 Å². The predicted octanol–water partition coefficient (Wildman–Crippen LogP) is 2.09. The lowest BCUT2D eigenvalue weighted by Crippen LogP contribution is -2.50. The highest BCUT2D eigenvalue weighted by Crippen LogP contribution is 2.44. The van der Waals surface area contributed by atoms with Crippen LogP contribution < -0.4 is 0 Å². The molecule has 0 bridgehead atoms. The van der Waals surface area contributed by atoms with Gasteiger partial charge in [0.2, 0.25) is 5.91 Å². The molecule has 0 unspecified atom stereocenters. The summed E-state index contributed by atoms with van der Waals surface area (Å²) < 4.78 is 0. The first kappa shape index (κ1) is 11.7. The molecule has 96 valence electrons. The van der Waals surface area contributed by atoms with Crippen molar-refractivity contribution in [1.82, 2.24) is 4.90 Å². The van der Waals surface area contributed by atoms with E-state index in [1.165, 1.54) is 0 Å². The second-order valence-electron chi connectivity index (χ2n) is 5.48. The van der Waals surface area contributed by atoms with Gasteiger partial charge in [0.1, 0.15) is 0 Å². The standard InChI is InChI=1S/C15H19NO2/c17-13-7-4-9-15(13)10-8-14(18)16(15)11-12-5-2-1-3-6-12/h1-3,5-6,13,17H,4,7-11H2/t13-,15-/m1/s1. The Labute approximate surface area is 107 Å². The summed E-state index contributed by atoms with van der Waals surface area (Å²) in [5.74, 6) is 0.194. The summed E-state index contributed by atoms with van der Waals surface area (Å²) in [6.07, 6.45) is 3.88. The zero-order valence-electron chi connectivity index (χ0n) is 10.5. The number of likely N-dealkylation sites (tertiary alicyclic amines) is 1. The molecule has 1 aliphatic carbocycles. The molecule has 1 saturated heterocycles. The summed E-state index contributed by atoms with van der Waals surface area (Å²) in [7, 11) is 0. The van der Waals surface area contributed by atoms with E-state index in [-0.39, 0.29) is 17.6 Å². The number of hydrogen-bond donors (Lipinski definition) is 1. The Balaban J connectivity index is 1.86. The number of amides is 1. The van der Waals surface area contributed by atoms with Gasteiger partial charge in [-0.2, -0.15) is 0 Å². The van der Waals surface area contributed by atoms with Gasteiger partial charge in [-0.3, -0.25) is 4.79 Å². The van der Waals surface area contributed by atoms with Crippen LogP contribution in [0.1, 0.15) is 37.7 Å². The van der Waals surface area contributed by atoms with Crippen molar-refractivity contribution in [2.45, 2.75) is 50.3 Å². The fourth-order valence-electron chi connectivity index (χ4n) is 3.50. The Bertz CT molecular complexity index is 445. The van der Waals surface area contributed by atoms with Gasteiger partial charge >= 0.3 is 0 Å². The Morgan fingerprint density at radius 2 is 2.06 bits per heavy atom. The molecule has 2 fully saturated rings. The molecular weight excluding hydrogens is 226 g/mol. The number of hydrogen-bond acceptors (Lipinski definition) is 2. The fourth-order valence-corrected chi connectivity index (χ4v) is 3.50. The molecule has 1 heterocycles. The maximum absolute atomic E-state index is 12.1. The van der Waals surface area contributed by atoms with Crippen LogP contribution in [-0.4, -0.2) is 27.6 Å². The Hall–Kier alpha value is -1.35. The van der Waals surface area contributed by atoms with E-state index >= 15 is 0 Å². The first-order valence-corrected chi connectivity index (χ1v) is 6.75. The molecule has 3 nitrogen and oxygen atoms in total. The number of aliphatic hydroxyl groups is 1. The topological polar surface area (TPSA) is 40.5 Å². The van der Waals surface area contributed by atoms with Crippen molar-refractivity contribution in [1.29, 1.82) is 0 Å². The largest absolute Gasteiger partial charge is 0.391 e. The van der Waals surface area contributed by atoms with E-state index in [0.29, 0.717) is 13.0 Å². The van der Waals surface area contributed by atoms with Gasteiger partial charge in [0.25, 0.3) is 0 Å². The van der Waals surface area contributed by atoms with E-state index < -0.39 is 0 Å². The van der Waals surface area contributed by atoms with Crippen molar-refractivity contribution in [3.8, 4) is 0 Å². The first-order chi connectivity index (χ1) is 8.72. The second-order valence-corrected chi connectivity index (χ2v) is 5.48. The van der Waals surface area contributed by atoms with E-state index in [2.05, 4.69) is 0 Å². The summed E-state index contributed by atoms with van der Waals surface area (Å²) in [6.45, 7) is 0.636. The van der Waals surface area contributed by atoms with Gasteiger partial charge in [-0.25, -0.2) is 0 Å². The summed E-state index contributed by atoms with van der Waals surface area (Å²) in [5.41, 5.74) is 0.874. The van der Waals surface area contributed by atoms with Crippen molar-refractivity contribution in [2.24, 2.45) is 0 Å². The number of aliphatic hydroxyl groups excluding tert-OH is 1. The summed E-state index contributed by atoms with van der Waals surface area (Å²) in [5, 5.41) is 10.3. The van der Waals surface area contributed by atoms with Gasteiger partial charge in [0.15, 0.2) is 0 Å². The van der Waals surface area contributed by atoms with Gasteiger partial charge in [-0.15, -0.1) is 0 Å². The molecule has 1 amide bonds. The van der Waals surface area contributed by atoms with Crippen LogP contribution in [0.2, 0.25) is 0 Å². The SMILES string of the molecule is O=C1CC[C@@]2(CCC[C@H]2O)N1Cc1ccccc1. The lowest BCUT2D eigenvalue weighted by molar-refractivity contribution is -0.134. The van der Waals surface area contributed by atoms with Gasteiger partial charge in [0, 0.05) is 13.0 Å². The maximum Gasteiger partial charge on any atom is 0.223 e. The molecule has 1 N–H and O–H groups in total. The smallest absolute Gasteiger partial charge is 0.223 e. The summed E-state index contributed by atoms with van der Waals surface area (Å²) in [4.78, 5) is 14.0. The van der Waals surface area contributed by atoms with E-state index in [9.17, 15) is 9.90 Å². The molecule has 1 aliphatic heterocycles. The molecule has 2 atom stereocenters. The second kappa shape index (κ2) is 4.39. The minimum Gasteiger partial charge on any atom is -0.391 e. The third-order valence-electron chi connectivity index (χ3n) is 4.50. The average Bonchev–Trinajstić information content (AvgIpc) is 2.90. The lowest BCUT2D eigenvalue weighted by atomic mass is 9.91. The highest BCUT2D eigenvalue weighted by atomic mass is 16.3. The highest BCUT2D eigenvalue weighted by molar-refractivity contribution is 5.80. The van der Waals surface area contributed by atoms with Crippen LogP contribution in [0.15, 0.2) is 30.3 Å². The average molecular weight is 245 g/mol. The van der Waals surface area contributed by atoms with Gasteiger partial charge in [-0.1, -0.05) is 30.3 Å². The minimum absolute atomic E-state index is 0.194. The van der Waals surface area contributed by atoms with Crippen LogP contribution in [-0.2, 0) is 11.3 Å².